The molecule has 12 heteroatoms. The summed E-state index contributed by atoms with van der Waals surface area (Å²) in [5.41, 5.74) is -0.259. The number of aryl methyl sites for hydroxylation is 1. The summed E-state index contributed by atoms with van der Waals surface area (Å²) in [4.78, 5) is 12.5. The number of hydrogen-bond acceptors (Lipinski definition) is 4. The zero-order valence-electron chi connectivity index (χ0n) is 19.6. The number of nitrogens with zero attached hydrogens (tertiary/aromatic N) is 1. The normalized spacial score (nSPS) is 17.9. The first kappa shape index (κ1) is 27.6. The Kier molecular flexibility index (Phi) is 7.57. The van der Waals surface area contributed by atoms with Crippen molar-refractivity contribution in [3.05, 3.63) is 89.7 Å². The molecular weight excluding hydrogens is 536 g/mol. The van der Waals surface area contributed by atoms with Gasteiger partial charge in [0.1, 0.15) is 17.3 Å². The Hall–Kier alpha value is -3.38. The lowest BCUT2D eigenvalue weighted by Crippen LogP contribution is -2.40. The van der Waals surface area contributed by atoms with Gasteiger partial charge in [0.15, 0.2) is 5.78 Å². The zero-order valence-corrected chi connectivity index (χ0v) is 20.4. The van der Waals surface area contributed by atoms with Gasteiger partial charge in [0.05, 0.1) is 23.0 Å². The highest BCUT2D eigenvalue weighted by Crippen LogP contribution is 2.37. The third kappa shape index (κ3) is 6.36. The first-order chi connectivity index (χ1) is 17.7. The van der Waals surface area contributed by atoms with Crippen molar-refractivity contribution < 1.29 is 44.3 Å². The van der Waals surface area contributed by atoms with Gasteiger partial charge in [-0.25, -0.2) is 21.6 Å². The Morgan fingerprint density at radius 2 is 1.63 bits per heavy atom. The summed E-state index contributed by atoms with van der Waals surface area (Å²) in [6.45, 7) is -1.17. The van der Waals surface area contributed by atoms with Crippen LogP contribution in [0.25, 0.3) is 0 Å². The number of rotatable bonds is 8. The van der Waals surface area contributed by atoms with Crippen molar-refractivity contribution >= 4 is 15.8 Å². The average molecular weight is 558 g/mol. The van der Waals surface area contributed by atoms with Crippen molar-refractivity contribution in [3.8, 4) is 11.5 Å². The maximum Gasteiger partial charge on any atom is 0.416 e. The van der Waals surface area contributed by atoms with E-state index in [2.05, 4.69) is 0 Å². The molecule has 0 bridgehead atoms. The minimum Gasteiger partial charge on any atom is -0.457 e. The van der Waals surface area contributed by atoms with Crippen LogP contribution in [0.15, 0.2) is 77.7 Å². The van der Waals surface area contributed by atoms with Crippen LogP contribution in [0.1, 0.15) is 24.0 Å². The molecular formula is C26H21F6NO4S. The van der Waals surface area contributed by atoms with Gasteiger partial charge in [0.2, 0.25) is 10.0 Å². The summed E-state index contributed by atoms with van der Waals surface area (Å²) in [5.74, 6) is -4.39. The van der Waals surface area contributed by atoms with Gasteiger partial charge in [-0.1, -0.05) is 12.1 Å². The van der Waals surface area contributed by atoms with Crippen LogP contribution in [0.4, 0.5) is 26.3 Å². The highest BCUT2D eigenvalue weighted by molar-refractivity contribution is 7.89. The lowest BCUT2D eigenvalue weighted by molar-refractivity contribution is -0.137. The van der Waals surface area contributed by atoms with Gasteiger partial charge in [-0.05, 0) is 72.6 Å². The summed E-state index contributed by atoms with van der Waals surface area (Å²) in [6.07, 6.45) is -5.62. The van der Waals surface area contributed by atoms with Crippen molar-refractivity contribution in [2.24, 2.45) is 0 Å². The van der Waals surface area contributed by atoms with E-state index >= 15 is 0 Å². The van der Waals surface area contributed by atoms with E-state index in [1.54, 1.807) is 24.3 Å². The van der Waals surface area contributed by atoms with Crippen LogP contribution in [0.5, 0.6) is 11.5 Å². The SMILES string of the molecule is O=C(CCc1cccc(Oc2ccc(C(F)(F)F)cc2)c1)[C@@H]1CC(F)(F)CN1S(=O)(=O)c1ccc(F)cc1. The summed E-state index contributed by atoms with van der Waals surface area (Å²) < 4.78 is 112. The number of hydrogen-bond donors (Lipinski definition) is 0. The number of ether oxygens (including phenoxy) is 1. The number of carbonyl (C=O) groups is 1. The quantitative estimate of drug-likeness (QED) is 0.308. The van der Waals surface area contributed by atoms with Crippen molar-refractivity contribution in [3.63, 3.8) is 0 Å². The first-order valence-electron chi connectivity index (χ1n) is 11.4. The highest BCUT2D eigenvalue weighted by Gasteiger charge is 2.52. The lowest BCUT2D eigenvalue weighted by Gasteiger charge is -2.22. The molecule has 1 saturated heterocycles. The molecule has 3 aromatic rings. The maximum atomic E-state index is 14.2. The van der Waals surface area contributed by atoms with E-state index in [4.69, 9.17) is 4.74 Å². The second-order valence-electron chi connectivity index (χ2n) is 8.82. The minimum atomic E-state index is -4.48. The van der Waals surface area contributed by atoms with Crippen LogP contribution >= 0.6 is 0 Å². The molecule has 1 aliphatic heterocycles. The standard InChI is InChI=1S/C26H21F6NO4S/c27-19-7-11-22(12-8-19)38(35,36)33-16-25(28,29)15-23(33)24(34)13-4-17-2-1-3-21(14-17)37-20-9-5-18(6-10-20)26(30,31)32/h1-3,5-12,14,23H,4,13,15-16H2/t23-/m0/s1. The smallest absolute Gasteiger partial charge is 0.416 e. The Morgan fingerprint density at radius 1 is 0.974 bits per heavy atom. The van der Waals surface area contributed by atoms with E-state index in [0.29, 0.717) is 9.87 Å². The fourth-order valence-electron chi connectivity index (χ4n) is 4.10. The maximum absolute atomic E-state index is 14.2. The van der Waals surface area contributed by atoms with Gasteiger partial charge in [-0.15, -0.1) is 0 Å². The highest BCUT2D eigenvalue weighted by atomic mass is 32.2. The van der Waals surface area contributed by atoms with Crippen molar-refractivity contribution in [1.29, 1.82) is 0 Å². The van der Waals surface area contributed by atoms with Gasteiger partial charge in [0, 0.05) is 12.8 Å². The van der Waals surface area contributed by atoms with Gasteiger partial charge < -0.3 is 4.74 Å². The summed E-state index contributed by atoms with van der Waals surface area (Å²) in [7, 11) is -4.48. The fourth-order valence-corrected chi connectivity index (χ4v) is 5.74. The van der Waals surface area contributed by atoms with Crippen LogP contribution in [-0.2, 0) is 27.4 Å². The van der Waals surface area contributed by atoms with E-state index in [9.17, 15) is 39.6 Å². The molecule has 0 radical (unpaired) electrons. The number of benzene rings is 3. The van der Waals surface area contributed by atoms with Crippen molar-refractivity contribution in [2.75, 3.05) is 6.54 Å². The number of alkyl halides is 5. The molecule has 4 rings (SSSR count). The molecule has 1 heterocycles. The molecule has 0 spiro atoms. The summed E-state index contributed by atoms with van der Waals surface area (Å²) in [5, 5.41) is 0. The zero-order chi connectivity index (χ0) is 27.7. The number of halogens is 6. The predicted octanol–water partition coefficient (Wildman–Crippen LogP) is 6.24. The lowest BCUT2D eigenvalue weighted by atomic mass is 10.0. The Labute approximate surface area is 214 Å². The van der Waals surface area contributed by atoms with Crippen LogP contribution in [-0.4, -0.2) is 37.0 Å². The van der Waals surface area contributed by atoms with Crippen LogP contribution in [0, 0.1) is 5.82 Å². The molecule has 0 N–H and O–H groups in total. The molecule has 1 fully saturated rings. The van der Waals surface area contributed by atoms with E-state index in [-0.39, 0.29) is 24.3 Å². The number of Topliss-reactive ketones (excluding diaryl/α,β-unsaturated/α-hetero) is 1. The largest absolute Gasteiger partial charge is 0.457 e. The van der Waals surface area contributed by atoms with Gasteiger partial charge in [-0.3, -0.25) is 4.79 Å². The number of carbonyl (C=O) groups excluding carboxylic acids is 1. The molecule has 38 heavy (non-hydrogen) atoms. The van der Waals surface area contributed by atoms with Crippen LogP contribution in [0.2, 0.25) is 0 Å². The molecule has 202 valence electrons. The minimum absolute atomic E-state index is 0.0789. The summed E-state index contributed by atoms with van der Waals surface area (Å²) in [6, 6.07) is 12.5. The topological polar surface area (TPSA) is 63.7 Å². The van der Waals surface area contributed by atoms with E-state index in [1.807, 2.05) is 0 Å². The van der Waals surface area contributed by atoms with Crippen molar-refractivity contribution in [2.45, 2.75) is 42.3 Å². The third-order valence-corrected chi connectivity index (χ3v) is 7.86. The van der Waals surface area contributed by atoms with Gasteiger partial charge in [-0.2, -0.15) is 17.5 Å². The summed E-state index contributed by atoms with van der Waals surface area (Å²) >= 11 is 0. The molecule has 0 amide bonds. The van der Waals surface area contributed by atoms with Crippen LogP contribution in [0.3, 0.4) is 0 Å². The molecule has 0 aliphatic carbocycles. The monoisotopic (exact) mass is 557 g/mol. The third-order valence-electron chi connectivity index (χ3n) is 5.99. The number of ketones is 1. The predicted molar refractivity (Wildman–Crippen MR) is 125 cm³/mol. The molecule has 3 aromatic carbocycles. The van der Waals surface area contributed by atoms with E-state index in [1.165, 1.54) is 0 Å². The molecule has 1 atom stereocenters. The number of sulfonamides is 1. The molecule has 0 unspecified atom stereocenters. The van der Waals surface area contributed by atoms with Crippen molar-refractivity contribution in [1.82, 2.24) is 4.31 Å². The molecule has 5 nitrogen and oxygen atoms in total. The first-order valence-corrected chi connectivity index (χ1v) is 12.8. The fraction of sp³-hybridized carbons (Fsp3) is 0.269. The average Bonchev–Trinajstić information content (AvgIpc) is 3.19. The second-order valence-corrected chi connectivity index (χ2v) is 10.7. The second kappa shape index (κ2) is 10.4. The Bertz CT molecular complexity index is 1410. The Morgan fingerprint density at radius 3 is 2.26 bits per heavy atom. The molecule has 0 saturated carbocycles. The van der Waals surface area contributed by atoms with Crippen LogP contribution < -0.4 is 4.74 Å². The van der Waals surface area contributed by atoms with E-state index < -0.39 is 63.2 Å². The van der Waals surface area contributed by atoms with E-state index in [0.717, 1.165) is 48.5 Å². The molecule has 0 aromatic heterocycles. The molecule has 1 aliphatic rings. The van der Waals surface area contributed by atoms with Gasteiger partial charge in [0.25, 0.3) is 5.92 Å². The van der Waals surface area contributed by atoms with Gasteiger partial charge >= 0.3 is 6.18 Å². The Balaban J connectivity index is 1.44.